The topological polar surface area (TPSA) is 79.0 Å². The molecule has 0 fully saturated rings. The zero-order chi connectivity index (χ0) is 18.2. The maximum atomic E-state index is 12.4. The van der Waals surface area contributed by atoms with Crippen LogP contribution in [0.25, 0.3) is 10.9 Å². The molecule has 0 bridgehead atoms. The van der Waals surface area contributed by atoms with E-state index in [1.807, 2.05) is 39.0 Å². The molecule has 3 aromatic rings. The highest BCUT2D eigenvalue weighted by atomic mass is 32.2. The van der Waals surface area contributed by atoms with Gasteiger partial charge in [0.25, 0.3) is 5.56 Å². The van der Waals surface area contributed by atoms with E-state index in [0.717, 1.165) is 33.3 Å². The minimum Gasteiger partial charge on any atom is -0.321 e. The maximum Gasteiger partial charge on any atom is 0.252 e. The molecule has 25 heavy (non-hydrogen) atoms. The van der Waals surface area contributed by atoms with E-state index in [1.54, 1.807) is 12.1 Å². The number of benzene rings is 1. The second-order valence-electron chi connectivity index (χ2n) is 6.07. The molecule has 0 aliphatic rings. The molecule has 0 atom stereocenters. The van der Waals surface area contributed by atoms with E-state index in [9.17, 15) is 13.2 Å². The molecular weight excluding hydrogens is 356 g/mol. The summed E-state index contributed by atoms with van der Waals surface area (Å²) in [4.78, 5) is 16.2. The van der Waals surface area contributed by atoms with Crippen LogP contribution in [0.1, 0.15) is 28.5 Å². The van der Waals surface area contributed by atoms with Crippen LogP contribution < -0.4 is 10.3 Å². The summed E-state index contributed by atoms with van der Waals surface area (Å²) in [6, 6.07) is 9.14. The summed E-state index contributed by atoms with van der Waals surface area (Å²) < 4.78 is 27.6. The van der Waals surface area contributed by atoms with E-state index in [-0.39, 0.29) is 16.3 Å². The van der Waals surface area contributed by atoms with Crippen molar-refractivity contribution in [2.24, 2.45) is 0 Å². The molecule has 2 N–H and O–H groups in total. The van der Waals surface area contributed by atoms with Gasteiger partial charge in [-0.3, -0.25) is 4.79 Å². The quantitative estimate of drug-likeness (QED) is 0.717. The molecule has 0 amide bonds. The second-order valence-corrected chi connectivity index (χ2v) is 9.23. The van der Waals surface area contributed by atoms with E-state index in [2.05, 4.69) is 9.71 Å². The SMILES string of the molecule is CCc1ccc(S(=O)(=O)NCc2cc3cc(C)cc(C)c3[nH]c2=O)s1. The van der Waals surface area contributed by atoms with Crippen molar-refractivity contribution in [3.8, 4) is 0 Å². The second kappa shape index (κ2) is 6.74. The number of nitrogens with one attached hydrogen (secondary N) is 2. The Hall–Kier alpha value is -1.96. The fourth-order valence-electron chi connectivity index (χ4n) is 2.80. The number of hydrogen-bond donors (Lipinski definition) is 2. The Morgan fingerprint density at radius 2 is 1.92 bits per heavy atom. The van der Waals surface area contributed by atoms with Gasteiger partial charge in [-0.1, -0.05) is 18.6 Å². The van der Waals surface area contributed by atoms with Gasteiger partial charge in [0.2, 0.25) is 10.0 Å². The third-order valence-corrected chi connectivity index (χ3v) is 7.20. The van der Waals surface area contributed by atoms with Crippen molar-refractivity contribution in [3.05, 3.63) is 62.3 Å². The largest absolute Gasteiger partial charge is 0.321 e. The monoisotopic (exact) mass is 376 g/mol. The van der Waals surface area contributed by atoms with Crippen LogP contribution in [0.3, 0.4) is 0 Å². The van der Waals surface area contributed by atoms with Crippen LogP contribution in [-0.2, 0) is 23.0 Å². The Bertz CT molecular complexity index is 1100. The molecule has 0 aliphatic heterocycles. The van der Waals surface area contributed by atoms with Gasteiger partial charge < -0.3 is 4.98 Å². The normalized spacial score (nSPS) is 12.0. The fourth-order valence-corrected chi connectivity index (χ4v) is 5.15. The molecule has 0 radical (unpaired) electrons. The maximum absolute atomic E-state index is 12.4. The lowest BCUT2D eigenvalue weighted by Crippen LogP contribution is -2.26. The molecule has 1 aromatic carbocycles. The Labute approximate surface area is 150 Å². The molecule has 0 spiro atoms. The molecule has 2 heterocycles. The van der Waals surface area contributed by atoms with Crippen LogP contribution in [0.4, 0.5) is 0 Å². The van der Waals surface area contributed by atoms with E-state index < -0.39 is 10.0 Å². The third-order valence-electron chi connectivity index (χ3n) is 4.07. The lowest BCUT2D eigenvalue weighted by atomic mass is 10.1. The minimum atomic E-state index is -3.62. The summed E-state index contributed by atoms with van der Waals surface area (Å²) in [6.07, 6.45) is 0.795. The summed E-state index contributed by atoms with van der Waals surface area (Å²) in [5.41, 5.74) is 2.99. The minimum absolute atomic E-state index is 0.0417. The number of fused-ring (bicyclic) bond motifs is 1. The summed E-state index contributed by atoms with van der Waals surface area (Å²) in [6.45, 7) is 5.87. The van der Waals surface area contributed by atoms with E-state index in [0.29, 0.717) is 5.56 Å². The van der Waals surface area contributed by atoms with Gasteiger partial charge >= 0.3 is 0 Å². The van der Waals surface area contributed by atoms with Gasteiger partial charge in [0.15, 0.2) is 0 Å². The summed E-state index contributed by atoms with van der Waals surface area (Å²) in [5.74, 6) is 0. The van der Waals surface area contributed by atoms with Crippen molar-refractivity contribution >= 4 is 32.3 Å². The average Bonchev–Trinajstić information content (AvgIpc) is 3.04. The molecule has 0 aliphatic carbocycles. The Morgan fingerprint density at radius 1 is 1.16 bits per heavy atom. The van der Waals surface area contributed by atoms with Crippen molar-refractivity contribution in [1.29, 1.82) is 0 Å². The summed E-state index contributed by atoms with van der Waals surface area (Å²) in [7, 11) is -3.62. The molecule has 2 aromatic heterocycles. The van der Waals surface area contributed by atoms with Gasteiger partial charge in [-0.2, -0.15) is 0 Å². The van der Waals surface area contributed by atoms with Gasteiger partial charge in [-0.15, -0.1) is 11.3 Å². The predicted octanol–water partition coefficient (Wildman–Crippen LogP) is 3.25. The highest BCUT2D eigenvalue weighted by Gasteiger charge is 2.17. The highest BCUT2D eigenvalue weighted by Crippen LogP contribution is 2.22. The molecule has 0 unspecified atom stereocenters. The van der Waals surface area contributed by atoms with Gasteiger partial charge in [0.1, 0.15) is 4.21 Å². The molecule has 0 saturated heterocycles. The first kappa shape index (κ1) is 17.8. The van der Waals surface area contributed by atoms with E-state index >= 15 is 0 Å². The molecule has 0 saturated carbocycles. The average molecular weight is 377 g/mol. The van der Waals surface area contributed by atoms with Gasteiger partial charge in [0, 0.05) is 17.0 Å². The van der Waals surface area contributed by atoms with Crippen LogP contribution in [0.15, 0.2) is 39.3 Å². The summed E-state index contributed by atoms with van der Waals surface area (Å²) in [5, 5.41) is 0.899. The lowest BCUT2D eigenvalue weighted by Gasteiger charge is -2.08. The Kier molecular flexibility index (Phi) is 4.81. The van der Waals surface area contributed by atoms with Crippen molar-refractivity contribution in [3.63, 3.8) is 0 Å². The van der Waals surface area contributed by atoms with Crippen molar-refractivity contribution in [1.82, 2.24) is 9.71 Å². The highest BCUT2D eigenvalue weighted by molar-refractivity contribution is 7.91. The lowest BCUT2D eigenvalue weighted by molar-refractivity contribution is 0.583. The smallest absolute Gasteiger partial charge is 0.252 e. The van der Waals surface area contributed by atoms with Crippen molar-refractivity contribution in [2.45, 2.75) is 37.9 Å². The first-order valence-electron chi connectivity index (χ1n) is 8.01. The number of aromatic amines is 1. The number of aromatic nitrogens is 1. The van der Waals surface area contributed by atoms with Crippen LogP contribution in [-0.4, -0.2) is 13.4 Å². The van der Waals surface area contributed by atoms with E-state index in [1.165, 1.54) is 11.3 Å². The Balaban J connectivity index is 1.90. The number of thiophene rings is 1. The van der Waals surface area contributed by atoms with Crippen LogP contribution in [0.2, 0.25) is 0 Å². The first-order valence-corrected chi connectivity index (χ1v) is 10.3. The molecular formula is C18H20N2O3S2. The standard InChI is InChI=1S/C18H20N2O3S2/c1-4-15-5-6-16(24-15)25(22,23)19-10-14-9-13-8-11(2)7-12(3)17(13)20-18(14)21/h5-9,19H,4,10H2,1-3H3,(H,20,21). The van der Waals surface area contributed by atoms with Gasteiger partial charge in [-0.25, -0.2) is 13.1 Å². The molecule has 132 valence electrons. The number of aryl methyl sites for hydroxylation is 3. The number of pyridine rings is 1. The van der Waals surface area contributed by atoms with Crippen molar-refractivity contribution in [2.75, 3.05) is 0 Å². The Morgan fingerprint density at radius 3 is 2.60 bits per heavy atom. The number of H-pyrrole nitrogens is 1. The predicted molar refractivity (Wildman–Crippen MR) is 102 cm³/mol. The first-order chi connectivity index (χ1) is 11.8. The summed E-state index contributed by atoms with van der Waals surface area (Å²) >= 11 is 1.25. The van der Waals surface area contributed by atoms with Crippen molar-refractivity contribution < 1.29 is 8.42 Å². The van der Waals surface area contributed by atoms with Gasteiger partial charge in [0.05, 0.1) is 5.52 Å². The molecule has 7 heteroatoms. The van der Waals surface area contributed by atoms with Gasteiger partial charge in [-0.05, 0) is 55.5 Å². The van der Waals surface area contributed by atoms with Crippen LogP contribution >= 0.6 is 11.3 Å². The fraction of sp³-hybridized carbons (Fsp3) is 0.278. The molecule has 5 nitrogen and oxygen atoms in total. The molecule has 3 rings (SSSR count). The number of sulfonamides is 1. The van der Waals surface area contributed by atoms with E-state index in [4.69, 9.17) is 0 Å². The van der Waals surface area contributed by atoms with Crippen LogP contribution in [0, 0.1) is 13.8 Å². The number of hydrogen-bond acceptors (Lipinski definition) is 4. The third kappa shape index (κ3) is 3.68. The van der Waals surface area contributed by atoms with Crippen LogP contribution in [0.5, 0.6) is 0 Å². The number of rotatable bonds is 5. The zero-order valence-electron chi connectivity index (χ0n) is 14.3. The zero-order valence-corrected chi connectivity index (χ0v) is 16.0.